The Bertz CT molecular complexity index is 3970. The van der Waals surface area contributed by atoms with Crippen molar-refractivity contribution in [2.45, 2.75) is 71.6 Å². The fourth-order valence-electron chi connectivity index (χ4n) is 13.0. The fraction of sp³-hybridized carbons (Fsp3) is 0.468. The summed E-state index contributed by atoms with van der Waals surface area (Å²) >= 11 is 26.6. The number of aromatic amines is 4. The fourth-order valence-corrected chi connectivity index (χ4v) is 15.3. The van der Waals surface area contributed by atoms with Gasteiger partial charge in [0.15, 0.2) is 5.13 Å². The summed E-state index contributed by atoms with van der Waals surface area (Å²) in [6.07, 6.45) is 18.5. The summed E-state index contributed by atoms with van der Waals surface area (Å²) in [6.45, 7) is 10.6. The monoisotopic (exact) mass is 1340 g/mol. The van der Waals surface area contributed by atoms with E-state index in [2.05, 4.69) is 75.6 Å². The maximum atomic E-state index is 11.8. The van der Waals surface area contributed by atoms with E-state index in [-0.39, 0.29) is 24.7 Å². The van der Waals surface area contributed by atoms with Gasteiger partial charge in [-0.2, -0.15) is 33.1 Å². The zero-order chi connectivity index (χ0) is 62.4. The third-order valence-electron chi connectivity index (χ3n) is 18.2. The summed E-state index contributed by atoms with van der Waals surface area (Å²) in [5.41, 5.74) is 8.63. The van der Waals surface area contributed by atoms with Crippen LogP contribution >= 0.6 is 57.7 Å². The molecule has 7 N–H and O–H groups in total. The molecule has 5 saturated heterocycles. The second-order valence-electron chi connectivity index (χ2n) is 24.0. The van der Waals surface area contributed by atoms with Crippen LogP contribution in [0.2, 0.25) is 20.1 Å². The molecule has 0 radical (unpaired) electrons. The molecule has 14 rings (SSSR count). The summed E-state index contributed by atoms with van der Waals surface area (Å²) in [4.78, 5) is 41.1. The molecule has 4 aromatic carbocycles. The van der Waals surface area contributed by atoms with Crippen molar-refractivity contribution < 1.29 is 18.0 Å². The standard InChI is InChI=1S/C16H22ClN5O2S.C16H21ClN4O.C15H19ClN4O.C14H14ClN5S.CH4/c17-12-9-14-13(11-19-20-14)15(10-12)21-5-1-16(2-6-21)3-7-22(8-4-16)25(18,23)24;1-20(2)16(22)7-11-3-5-21(6-4-11)15-9-12(17)8-14-13(15)10-18-19-14;1-17-15(21)6-10-2-4-20(5-3-10)14-8-11(16)7-13-12(14)9-18-19-13;15-10-7-12-11(9-17-18-12)13(8-10)19-2-4-20(5-3-19)14-16-1-6-21-14;/h9-11H,1-8H2,(H,19,20)(H2,18,23,24);8-11H,3-7H2,1-2H3,(H,18,19);7-10H,2-6H2,1H3,(H,17,21)(H,18,19);1,6-9H,2-5H2,(H,17,18);1H4. The first-order valence-corrected chi connectivity index (χ1v) is 34.1. The Morgan fingerprint density at radius 2 is 0.922 bits per heavy atom. The van der Waals surface area contributed by atoms with Crippen LogP contribution in [0.4, 0.5) is 27.9 Å². The number of thiazole rings is 1. The zero-order valence-electron chi connectivity index (χ0n) is 50.2. The first-order valence-electron chi connectivity index (χ1n) is 30.2. The van der Waals surface area contributed by atoms with Crippen LogP contribution < -0.4 is 35.0 Å². The third-order valence-corrected chi connectivity index (χ3v) is 21.0. The van der Waals surface area contributed by atoms with Gasteiger partial charge in [-0.3, -0.25) is 30.0 Å². The third kappa shape index (κ3) is 15.8. The van der Waals surface area contributed by atoms with Gasteiger partial charge >= 0.3 is 0 Å². The van der Waals surface area contributed by atoms with Gasteiger partial charge in [-0.05, 0) is 117 Å². The van der Waals surface area contributed by atoms with Crippen LogP contribution in [0.25, 0.3) is 43.6 Å². The average Bonchev–Trinajstić information content (AvgIpc) is 1.44. The summed E-state index contributed by atoms with van der Waals surface area (Å²) in [7, 11) is 1.77. The first kappa shape index (κ1) is 66.3. The lowest BCUT2D eigenvalue weighted by atomic mass is 9.71. The zero-order valence-corrected chi connectivity index (χ0v) is 54.9. The van der Waals surface area contributed by atoms with Crippen LogP contribution in [0.3, 0.4) is 0 Å². The molecule has 2 amide bonds. The van der Waals surface area contributed by atoms with E-state index < -0.39 is 10.2 Å². The van der Waals surface area contributed by atoms with Gasteiger partial charge in [0, 0.05) is 188 Å². The maximum absolute atomic E-state index is 11.8. The smallest absolute Gasteiger partial charge is 0.276 e. The van der Waals surface area contributed by atoms with Crippen LogP contribution in [0.1, 0.15) is 71.6 Å². The number of nitrogens with one attached hydrogen (secondary N) is 5. The van der Waals surface area contributed by atoms with E-state index in [4.69, 9.17) is 51.5 Å². The summed E-state index contributed by atoms with van der Waals surface area (Å²) in [5.74, 6) is 1.30. The lowest BCUT2D eigenvalue weighted by Gasteiger charge is -2.46. The number of hydrogen-bond donors (Lipinski definition) is 6. The Hall–Kier alpha value is -6.64. The van der Waals surface area contributed by atoms with E-state index >= 15 is 0 Å². The Morgan fingerprint density at radius 1 is 0.567 bits per heavy atom. The van der Waals surface area contributed by atoms with E-state index in [0.717, 1.165) is 198 Å². The molecule has 0 saturated carbocycles. The molecule has 22 nitrogen and oxygen atoms in total. The molecule has 5 aromatic heterocycles. The quantitative estimate of drug-likeness (QED) is 0.0745. The highest BCUT2D eigenvalue weighted by atomic mass is 35.5. The molecule has 5 fully saturated rings. The average molecular weight is 1350 g/mol. The minimum Gasteiger partial charge on any atom is -0.371 e. The number of carbonyl (C=O) groups is 2. The number of rotatable bonds is 10. The summed E-state index contributed by atoms with van der Waals surface area (Å²) in [6, 6.07) is 15.6. The van der Waals surface area contributed by atoms with Crippen molar-refractivity contribution in [3.05, 3.63) is 105 Å². The number of halogens is 4. The second-order valence-corrected chi connectivity index (χ2v) is 28.1. The minimum absolute atomic E-state index is 0. The van der Waals surface area contributed by atoms with Gasteiger partial charge in [0.05, 0.1) is 46.9 Å². The maximum Gasteiger partial charge on any atom is 0.276 e. The number of nitrogens with zero attached hydrogens (tertiary/aromatic N) is 12. The molecule has 0 aliphatic carbocycles. The topological polar surface area (TPSA) is 257 Å². The van der Waals surface area contributed by atoms with Gasteiger partial charge in [-0.1, -0.05) is 53.8 Å². The van der Waals surface area contributed by atoms with E-state index in [1.807, 2.05) is 99.0 Å². The molecule has 0 bridgehead atoms. The van der Waals surface area contributed by atoms with Crippen molar-refractivity contribution in [1.29, 1.82) is 0 Å². The Labute approximate surface area is 549 Å². The van der Waals surface area contributed by atoms with Gasteiger partial charge in [-0.15, -0.1) is 11.3 Å². The molecule has 90 heavy (non-hydrogen) atoms. The molecule has 0 unspecified atom stereocenters. The van der Waals surface area contributed by atoms with E-state index in [0.29, 0.717) is 47.8 Å². The Morgan fingerprint density at radius 3 is 1.28 bits per heavy atom. The number of fused-ring (bicyclic) bond motifs is 4. The van der Waals surface area contributed by atoms with Crippen molar-refractivity contribution in [3.63, 3.8) is 0 Å². The predicted molar refractivity (Wildman–Crippen MR) is 367 cm³/mol. The molecular formula is C62H80Cl4N18O4S2. The van der Waals surface area contributed by atoms with Gasteiger partial charge in [0.2, 0.25) is 11.8 Å². The van der Waals surface area contributed by atoms with Crippen LogP contribution in [0, 0.1) is 17.3 Å². The molecule has 9 aromatic rings. The lowest BCUT2D eigenvalue weighted by molar-refractivity contribution is -0.129. The van der Waals surface area contributed by atoms with Gasteiger partial charge < -0.3 is 34.7 Å². The molecule has 0 atom stereocenters. The second kappa shape index (κ2) is 29.3. The number of nitrogens with two attached hydrogens (primary N) is 1. The highest BCUT2D eigenvalue weighted by molar-refractivity contribution is 7.86. The number of piperidine rings is 4. The normalized spacial score (nSPS) is 17.6. The van der Waals surface area contributed by atoms with Crippen molar-refractivity contribution >= 4 is 151 Å². The number of hydrogen-bond acceptors (Lipinski definition) is 15. The van der Waals surface area contributed by atoms with E-state index in [1.54, 1.807) is 23.3 Å². The molecule has 10 heterocycles. The molecule has 1 spiro atoms. The predicted octanol–water partition coefficient (Wildman–Crippen LogP) is 11.2. The number of amides is 2. The number of piperazine rings is 1. The Balaban J connectivity index is 0.000000132. The summed E-state index contributed by atoms with van der Waals surface area (Å²) < 4.78 is 24.4. The van der Waals surface area contributed by atoms with Crippen molar-refractivity contribution in [3.8, 4) is 0 Å². The van der Waals surface area contributed by atoms with Crippen molar-refractivity contribution in [1.82, 2.24) is 60.3 Å². The number of benzene rings is 4. The number of carbonyl (C=O) groups excluding carboxylic acids is 2. The van der Waals surface area contributed by atoms with Crippen LogP contribution in [0.5, 0.6) is 0 Å². The number of H-pyrrole nitrogens is 4. The van der Waals surface area contributed by atoms with Crippen molar-refractivity contribution in [2.75, 3.05) is 124 Å². The molecular weight excluding hydrogens is 1270 g/mol. The lowest BCUT2D eigenvalue weighted by Crippen LogP contribution is -2.49. The highest BCUT2D eigenvalue weighted by Crippen LogP contribution is 2.44. The van der Waals surface area contributed by atoms with E-state index in [9.17, 15) is 18.0 Å². The van der Waals surface area contributed by atoms with E-state index in [1.165, 1.54) is 4.31 Å². The molecule has 482 valence electrons. The van der Waals surface area contributed by atoms with Crippen molar-refractivity contribution in [2.24, 2.45) is 22.4 Å². The highest BCUT2D eigenvalue weighted by Gasteiger charge is 2.40. The summed E-state index contributed by atoms with van der Waals surface area (Å²) in [5, 5.41) is 46.8. The number of aromatic nitrogens is 9. The number of anilines is 5. The molecule has 28 heteroatoms. The Kier molecular flexibility index (Phi) is 21.6. The molecule has 5 aliphatic rings. The van der Waals surface area contributed by atoms with Crippen LogP contribution in [-0.2, 0) is 19.8 Å². The largest absolute Gasteiger partial charge is 0.371 e. The van der Waals surface area contributed by atoms with Gasteiger partial charge in [0.1, 0.15) is 0 Å². The first-order chi connectivity index (χ1) is 42.9. The SMILES string of the molecule is C.CN(C)C(=O)CC1CCN(c2cc(Cl)cc3[nH]ncc23)CC1.CNC(=O)CC1CCN(c2cc(Cl)cc3[nH]ncc23)CC1.Clc1cc(N2CCN(c3nccs3)CC2)c2cn[nH]c2c1.NS(=O)(=O)N1CCC2(CCN(c3cc(Cl)cc4[nH]ncc34)CC2)CC1. The minimum atomic E-state index is -3.56. The van der Waals surface area contributed by atoms with Gasteiger partial charge in [0.25, 0.3) is 10.2 Å². The molecule has 5 aliphatic heterocycles. The van der Waals surface area contributed by atoms with Crippen LogP contribution in [0.15, 0.2) is 84.9 Å². The van der Waals surface area contributed by atoms with Gasteiger partial charge in [-0.25, -0.2) is 10.1 Å². The van der Waals surface area contributed by atoms with Crippen LogP contribution in [-0.4, -0.2) is 175 Å².